The summed E-state index contributed by atoms with van der Waals surface area (Å²) in [7, 11) is 1.65. The topological polar surface area (TPSA) is 27.7 Å². The molecule has 0 bridgehead atoms. The minimum atomic E-state index is -0.242. The van der Waals surface area contributed by atoms with E-state index in [0.717, 1.165) is 30.1 Å². The standard InChI is InChI=1S/C14H20O3/c1-14(2,3)17-12-7-5-6-11(15-4)13(12)16-10-8-9-10/h5-7,10H,8-9H2,1-4H3. The molecule has 94 valence electrons. The first kappa shape index (κ1) is 12.1. The van der Waals surface area contributed by atoms with Crippen LogP contribution in [0.3, 0.4) is 0 Å². The lowest BCUT2D eigenvalue weighted by Crippen LogP contribution is -2.23. The van der Waals surface area contributed by atoms with E-state index in [2.05, 4.69) is 0 Å². The molecule has 3 heteroatoms. The van der Waals surface area contributed by atoms with Crippen molar-refractivity contribution in [2.24, 2.45) is 0 Å². The molecule has 1 saturated carbocycles. The van der Waals surface area contributed by atoms with Crippen molar-refractivity contribution in [1.29, 1.82) is 0 Å². The summed E-state index contributed by atoms with van der Waals surface area (Å²) in [5.74, 6) is 2.22. The van der Waals surface area contributed by atoms with E-state index in [1.807, 2.05) is 39.0 Å². The average molecular weight is 236 g/mol. The van der Waals surface area contributed by atoms with Crippen LogP contribution in [0.15, 0.2) is 18.2 Å². The SMILES string of the molecule is COc1cccc(OC(C)(C)C)c1OC1CC1. The maximum atomic E-state index is 5.90. The number of methoxy groups -OCH3 is 1. The highest BCUT2D eigenvalue weighted by Gasteiger charge is 2.27. The Balaban J connectivity index is 2.28. The van der Waals surface area contributed by atoms with Crippen LogP contribution in [-0.4, -0.2) is 18.8 Å². The number of ether oxygens (including phenoxy) is 3. The number of rotatable bonds is 4. The van der Waals surface area contributed by atoms with Crippen molar-refractivity contribution in [3.8, 4) is 17.2 Å². The summed E-state index contributed by atoms with van der Waals surface area (Å²) >= 11 is 0. The van der Waals surface area contributed by atoms with Crippen LogP contribution in [0, 0.1) is 0 Å². The van der Waals surface area contributed by atoms with Gasteiger partial charge in [0.1, 0.15) is 5.60 Å². The highest BCUT2D eigenvalue weighted by Crippen LogP contribution is 2.42. The van der Waals surface area contributed by atoms with Crippen molar-refractivity contribution in [2.75, 3.05) is 7.11 Å². The van der Waals surface area contributed by atoms with Crippen molar-refractivity contribution in [2.45, 2.75) is 45.3 Å². The molecule has 1 fully saturated rings. The fourth-order valence-corrected chi connectivity index (χ4v) is 1.54. The molecule has 1 aromatic rings. The lowest BCUT2D eigenvalue weighted by molar-refractivity contribution is 0.121. The molecule has 17 heavy (non-hydrogen) atoms. The predicted octanol–water partition coefficient (Wildman–Crippen LogP) is 3.41. The molecular weight excluding hydrogens is 216 g/mol. The highest BCUT2D eigenvalue weighted by atomic mass is 16.6. The van der Waals surface area contributed by atoms with Gasteiger partial charge in [0.2, 0.25) is 5.75 Å². The molecule has 1 aromatic carbocycles. The third-order valence-electron chi connectivity index (χ3n) is 2.39. The second-order valence-electron chi connectivity index (χ2n) is 5.32. The Morgan fingerprint density at radius 2 is 1.76 bits per heavy atom. The fourth-order valence-electron chi connectivity index (χ4n) is 1.54. The average Bonchev–Trinajstić information content (AvgIpc) is 3.02. The van der Waals surface area contributed by atoms with Gasteiger partial charge in [-0.15, -0.1) is 0 Å². The summed E-state index contributed by atoms with van der Waals surface area (Å²) in [6.45, 7) is 6.06. The van der Waals surface area contributed by atoms with Gasteiger partial charge in [-0.1, -0.05) is 6.07 Å². The van der Waals surface area contributed by atoms with Gasteiger partial charge in [0.25, 0.3) is 0 Å². The summed E-state index contributed by atoms with van der Waals surface area (Å²) in [5, 5.41) is 0. The van der Waals surface area contributed by atoms with Crippen molar-refractivity contribution < 1.29 is 14.2 Å². The molecule has 0 aliphatic heterocycles. The first-order valence-electron chi connectivity index (χ1n) is 6.02. The molecule has 0 N–H and O–H groups in total. The van der Waals surface area contributed by atoms with E-state index in [1.165, 1.54) is 0 Å². The number of para-hydroxylation sites is 1. The third kappa shape index (κ3) is 3.29. The van der Waals surface area contributed by atoms with Crippen LogP contribution < -0.4 is 14.2 Å². The maximum Gasteiger partial charge on any atom is 0.203 e. The highest BCUT2D eigenvalue weighted by molar-refractivity contribution is 5.51. The van der Waals surface area contributed by atoms with E-state index in [-0.39, 0.29) is 5.60 Å². The maximum absolute atomic E-state index is 5.90. The molecule has 0 radical (unpaired) electrons. The molecule has 0 atom stereocenters. The lowest BCUT2D eigenvalue weighted by Gasteiger charge is -2.24. The zero-order valence-electron chi connectivity index (χ0n) is 10.9. The molecule has 0 unspecified atom stereocenters. The van der Waals surface area contributed by atoms with Gasteiger partial charge < -0.3 is 14.2 Å². The van der Waals surface area contributed by atoms with Crippen LogP contribution in [-0.2, 0) is 0 Å². The van der Waals surface area contributed by atoms with Crippen molar-refractivity contribution in [3.63, 3.8) is 0 Å². The summed E-state index contributed by atoms with van der Waals surface area (Å²) < 4.78 is 17.1. The molecule has 0 amide bonds. The predicted molar refractivity (Wildman–Crippen MR) is 67.0 cm³/mol. The van der Waals surface area contributed by atoms with Crippen molar-refractivity contribution in [3.05, 3.63) is 18.2 Å². The van der Waals surface area contributed by atoms with Crippen LogP contribution in [0.4, 0.5) is 0 Å². The van der Waals surface area contributed by atoms with E-state index in [9.17, 15) is 0 Å². The summed E-state index contributed by atoms with van der Waals surface area (Å²) in [6.07, 6.45) is 2.56. The smallest absolute Gasteiger partial charge is 0.203 e. The minimum Gasteiger partial charge on any atom is -0.493 e. The Bertz CT molecular complexity index is 389. The molecular formula is C14H20O3. The molecule has 0 saturated heterocycles. The molecule has 0 heterocycles. The van der Waals surface area contributed by atoms with E-state index >= 15 is 0 Å². The molecule has 2 rings (SSSR count). The monoisotopic (exact) mass is 236 g/mol. The molecule has 1 aliphatic carbocycles. The van der Waals surface area contributed by atoms with Gasteiger partial charge in [0, 0.05) is 0 Å². The van der Waals surface area contributed by atoms with Gasteiger partial charge in [-0.3, -0.25) is 0 Å². The van der Waals surface area contributed by atoms with Crippen molar-refractivity contribution >= 4 is 0 Å². The molecule has 3 nitrogen and oxygen atoms in total. The summed E-state index contributed by atoms with van der Waals surface area (Å²) in [5.41, 5.74) is -0.242. The largest absolute Gasteiger partial charge is 0.493 e. The Morgan fingerprint density at radius 3 is 2.29 bits per heavy atom. The second kappa shape index (κ2) is 4.47. The Hall–Kier alpha value is -1.38. The van der Waals surface area contributed by atoms with E-state index in [1.54, 1.807) is 7.11 Å². The molecule has 0 aromatic heterocycles. The van der Waals surface area contributed by atoms with E-state index in [0.29, 0.717) is 6.10 Å². The first-order valence-corrected chi connectivity index (χ1v) is 6.02. The van der Waals surface area contributed by atoms with Crippen LogP contribution >= 0.6 is 0 Å². The van der Waals surface area contributed by atoms with Gasteiger partial charge in [0.15, 0.2) is 11.5 Å². The number of hydrogen-bond acceptors (Lipinski definition) is 3. The molecule has 0 spiro atoms. The number of hydrogen-bond donors (Lipinski definition) is 0. The lowest BCUT2D eigenvalue weighted by atomic mass is 10.2. The van der Waals surface area contributed by atoms with E-state index < -0.39 is 0 Å². The van der Waals surface area contributed by atoms with Crippen LogP contribution in [0.1, 0.15) is 33.6 Å². The third-order valence-corrected chi connectivity index (χ3v) is 2.39. The Morgan fingerprint density at radius 1 is 1.12 bits per heavy atom. The van der Waals surface area contributed by atoms with Gasteiger partial charge in [0.05, 0.1) is 13.2 Å². The zero-order valence-corrected chi connectivity index (χ0v) is 10.9. The van der Waals surface area contributed by atoms with Gasteiger partial charge in [-0.2, -0.15) is 0 Å². The molecule has 1 aliphatic rings. The zero-order chi connectivity index (χ0) is 12.5. The van der Waals surface area contributed by atoms with Crippen LogP contribution in [0.5, 0.6) is 17.2 Å². The summed E-state index contributed by atoms with van der Waals surface area (Å²) in [6, 6.07) is 5.73. The Kier molecular flexibility index (Phi) is 3.18. The van der Waals surface area contributed by atoms with Crippen LogP contribution in [0.25, 0.3) is 0 Å². The van der Waals surface area contributed by atoms with Crippen molar-refractivity contribution in [1.82, 2.24) is 0 Å². The Labute approximate surface area is 103 Å². The van der Waals surface area contributed by atoms with E-state index in [4.69, 9.17) is 14.2 Å². The first-order chi connectivity index (χ1) is 7.99. The normalized spacial score (nSPS) is 15.5. The fraction of sp³-hybridized carbons (Fsp3) is 0.571. The quantitative estimate of drug-likeness (QED) is 0.801. The van der Waals surface area contributed by atoms with Gasteiger partial charge >= 0.3 is 0 Å². The van der Waals surface area contributed by atoms with Gasteiger partial charge in [-0.25, -0.2) is 0 Å². The second-order valence-corrected chi connectivity index (χ2v) is 5.32. The number of benzene rings is 1. The minimum absolute atomic E-state index is 0.242. The van der Waals surface area contributed by atoms with Crippen LogP contribution in [0.2, 0.25) is 0 Å². The summed E-state index contributed by atoms with van der Waals surface area (Å²) in [4.78, 5) is 0. The van der Waals surface area contributed by atoms with Gasteiger partial charge in [-0.05, 0) is 45.7 Å².